The van der Waals surface area contributed by atoms with Crippen molar-refractivity contribution in [3.05, 3.63) is 23.0 Å². The largest absolute Gasteiger partial charge is 0.342 e. The van der Waals surface area contributed by atoms with Gasteiger partial charge in [-0.3, -0.25) is 0 Å². The van der Waals surface area contributed by atoms with E-state index in [2.05, 4.69) is 14.7 Å². The maximum absolute atomic E-state index is 12.4. The number of aromatic nitrogens is 2. The third-order valence-corrected chi connectivity index (χ3v) is 4.87. The van der Waals surface area contributed by atoms with Gasteiger partial charge in [0.1, 0.15) is 10.7 Å². The standard InChI is InChI=1S/C13H18ClN3O2S/c1-5-12-15-9-6-8(14)11(7-10(9)16-12)20(18,19)17-13(2,3)4/h6-7,17H,5H2,1-4H3,(H,15,16). The second-order valence-electron chi connectivity index (χ2n) is 5.69. The number of aryl methyl sites for hydroxylation is 1. The Balaban J connectivity index is 2.56. The van der Waals surface area contributed by atoms with Crippen LogP contribution in [0.5, 0.6) is 0 Å². The molecular weight excluding hydrogens is 298 g/mol. The lowest BCUT2D eigenvalue weighted by Crippen LogP contribution is -2.40. The van der Waals surface area contributed by atoms with Crippen LogP contribution < -0.4 is 4.72 Å². The summed E-state index contributed by atoms with van der Waals surface area (Å²) in [7, 11) is -3.67. The highest BCUT2D eigenvalue weighted by atomic mass is 35.5. The van der Waals surface area contributed by atoms with Crippen molar-refractivity contribution < 1.29 is 8.42 Å². The van der Waals surface area contributed by atoms with Crippen LogP contribution >= 0.6 is 11.6 Å². The fourth-order valence-corrected chi connectivity index (χ4v) is 3.86. The number of H-pyrrole nitrogens is 1. The molecule has 0 fully saturated rings. The molecule has 2 rings (SSSR count). The van der Waals surface area contributed by atoms with Gasteiger partial charge in [-0.2, -0.15) is 0 Å². The Morgan fingerprint density at radius 1 is 1.35 bits per heavy atom. The molecular formula is C13H18ClN3O2S. The van der Waals surface area contributed by atoms with Crippen LogP contribution in [-0.4, -0.2) is 23.9 Å². The minimum Gasteiger partial charge on any atom is -0.342 e. The van der Waals surface area contributed by atoms with E-state index >= 15 is 0 Å². The maximum Gasteiger partial charge on any atom is 0.242 e. The molecule has 0 amide bonds. The van der Waals surface area contributed by atoms with E-state index in [1.165, 1.54) is 6.07 Å². The van der Waals surface area contributed by atoms with Crippen LogP contribution in [-0.2, 0) is 16.4 Å². The quantitative estimate of drug-likeness (QED) is 0.914. The van der Waals surface area contributed by atoms with Gasteiger partial charge in [-0.05, 0) is 32.9 Å². The van der Waals surface area contributed by atoms with Gasteiger partial charge in [0.05, 0.1) is 16.1 Å². The van der Waals surface area contributed by atoms with Gasteiger partial charge in [0.2, 0.25) is 10.0 Å². The molecule has 5 nitrogen and oxygen atoms in total. The molecule has 20 heavy (non-hydrogen) atoms. The van der Waals surface area contributed by atoms with Crippen molar-refractivity contribution in [1.29, 1.82) is 0 Å². The van der Waals surface area contributed by atoms with E-state index in [1.807, 2.05) is 6.92 Å². The average molecular weight is 316 g/mol. The second-order valence-corrected chi connectivity index (χ2v) is 7.75. The van der Waals surface area contributed by atoms with Crippen LogP contribution in [0.4, 0.5) is 0 Å². The number of imidazole rings is 1. The van der Waals surface area contributed by atoms with Crippen LogP contribution in [0.15, 0.2) is 17.0 Å². The van der Waals surface area contributed by atoms with Crippen molar-refractivity contribution in [1.82, 2.24) is 14.7 Å². The van der Waals surface area contributed by atoms with Gasteiger partial charge >= 0.3 is 0 Å². The van der Waals surface area contributed by atoms with Gasteiger partial charge in [-0.15, -0.1) is 0 Å². The van der Waals surface area contributed by atoms with Gasteiger partial charge in [0.25, 0.3) is 0 Å². The molecule has 2 N–H and O–H groups in total. The zero-order valence-corrected chi connectivity index (χ0v) is 13.5. The topological polar surface area (TPSA) is 74.8 Å². The molecule has 1 aromatic carbocycles. The predicted octanol–water partition coefficient (Wildman–Crippen LogP) is 2.86. The molecule has 110 valence electrons. The SMILES string of the molecule is CCc1nc2cc(Cl)c(S(=O)(=O)NC(C)(C)C)cc2[nH]1. The number of benzene rings is 1. The Morgan fingerprint density at radius 2 is 2.00 bits per heavy atom. The average Bonchev–Trinajstić information content (AvgIpc) is 2.66. The molecule has 0 aliphatic carbocycles. The summed E-state index contributed by atoms with van der Waals surface area (Å²) in [6.07, 6.45) is 0.745. The van der Waals surface area contributed by atoms with Crippen molar-refractivity contribution >= 4 is 32.7 Å². The first-order valence-corrected chi connectivity index (χ1v) is 8.20. The zero-order chi connectivity index (χ0) is 15.1. The summed E-state index contributed by atoms with van der Waals surface area (Å²) in [6.45, 7) is 7.31. The van der Waals surface area contributed by atoms with Crippen molar-refractivity contribution in [3.8, 4) is 0 Å². The summed E-state index contributed by atoms with van der Waals surface area (Å²) in [4.78, 5) is 7.48. The Hall–Kier alpha value is -1.11. The monoisotopic (exact) mass is 315 g/mol. The number of nitrogens with zero attached hydrogens (tertiary/aromatic N) is 1. The Kier molecular flexibility index (Phi) is 3.83. The minimum absolute atomic E-state index is 0.0629. The normalized spacial score (nSPS) is 13.1. The third kappa shape index (κ3) is 3.13. The number of sulfonamides is 1. The van der Waals surface area contributed by atoms with E-state index < -0.39 is 15.6 Å². The first-order valence-electron chi connectivity index (χ1n) is 6.34. The van der Waals surface area contributed by atoms with E-state index in [9.17, 15) is 8.42 Å². The van der Waals surface area contributed by atoms with Gasteiger partial charge in [0.15, 0.2) is 0 Å². The Labute approximate surface area is 123 Å². The maximum atomic E-state index is 12.4. The molecule has 0 radical (unpaired) electrons. The van der Waals surface area contributed by atoms with Gasteiger partial charge < -0.3 is 4.98 Å². The summed E-state index contributed by atoms with van der Waals surface area (Å²) < 4.78 is 27.3. The molecule has 0 aliphatic rings. The van der Waals surface area contributed by atoms with E-state index in [0.717, 1.165) is 12.2 Å². The minimum atomic E-state index is -3.67. The number of hydrogen-bond acceptors (Lipinski definition) is 3. The Bertz CT molecular complexity index is 745. The van der Waals surface area contributed by atoms with Crippen LogP contribution in [0.1, 0.15) is 33.5 Å². The van der Waals surface area contributed by atoms with Crippen molar-refractivity contribution in [2.75, 3.05) is 0 Å². The van der Waals surface area contributed by atoms with E-state index in [1.54, 1.807) is 26.8 Å². The summed E-state index contributed by atoms with van der Waals surface area (Å²) in [5.41, 5.74) is 0.766. The molecule has 1 heterocycles. The first-order chi connectivity index (χ1) is 9.12. The van der Waals surface area contributed by atoms with Crippen LogP contribution in [0, 0.1) is 0 Å². The molecule has 0 saturated carbocycles. The molecule has 0 bridgehead atoms. The third-order valence-electron chi connectivity index (χ3n) is 2.65. The molecule has 0 spiro atoms. The molecule has 7 heteroatoms. The van der Waals surface area contributed by atoms with Crippen molar-refractivity contribution in [3.63, 3.8) is 0 Å². The van der Waals surface area contributed by atoms with Crippen molar-refractivity contribution in [2.45, 2.75) is 44.6 Å². The highest BCUT2D eigenvalue weighted by molar-refractivity contribution is 7.89. The summed E-state index contributed by atoms with van der Waals surface area (Å²) >= 11 is 6.10. The van der Waals surface area contributed by atoms with Crippen LogP contribution in [0.3, 0.4) is 0 Å². The predicted molar refractivity (Wildman–Crippen MR) is 80.6 cm³/mol. The van der Waals surface area contributed by atoms with E-state index in [-0.39, 0.29) is 9.92 Å². The number of nitrogens with one attached hydrogen (secondary N) is 2. The summed E-state index contributed by atoms with van der Waals surface area (Å²) in [5.74, 6) is 0.800. The summed E-state index contributed by atoms with van der Waals surface area (Å²) in [6, 6.07) is 3.10. The van der Waals surface area contributed by atoms with Gasteiger partial charge in [-0.1, -0.05) is 18.5 Å². The number of rotatable bonds is 3. The molecule has 1 aromatic heterocycles. The lowest BCUT2D eigenvalue weighted by atomic mass is 10.1. The summed E-state index contributed by atoms with van der Waals surface area (Å²) in [5, 5.41) is 0.170. The molecule has 0 aliphatic heterocycles. The number of halogens is 1. The molecule has 0 unspecified atom stereocenters. The fourth-order valence-electron chi connectivity index (χ4n) is 1.90. The first kappa shape index (κ1) is 15.3. The van der Waals surface area contributed by atoms with Crippen LogP contribution in [0.2, 0.25) is 5.02 Å². The van der Waals surface area contributed by atoms with Gasteiger partial charge in [-0.25, -0.2) is 18.1 Å². The Morgan fingerprint density at radius 3 is 2.55 bits per heavy atom. The lowest BCUT2D eigenvalue weighted by Gasteiger charge is -2.20. The highest BCUT2D eigenvalue weighted by Crippen LogP contribution is 2.27. The fraction of sp³-hybridized carbons (Fsp3) is 0.462. The number of hydrogen-bond donors (Lipinski definition) is 2. The van der Waals surface area contributed by atoms with E-state index in [4.69, 9.17) is 11.6 Å². The van der Waals surface area contributed by atoms with Crippen molar-refractivity contribution in [2.24, 2.45) is 0 Å². The zero-order valence-electron chi connectivity index (χ0n) is 11.9. The smallest absolute Gasteiger partial charge is 0.242 e. The lowest BCUT2D eigenvalue weighted by molar-refractivity contribution is 0.491. The van der Waals surface area contributed by atoms with E-state index in [0.29, 0.717) is 11.0 Å². The molecule has 0 atom stereocenters. The molecule has 0 saturated heterocycles. The van der Waals surface area contributed by atoms with Crippen LogP contribution in [0.25, 0.3) is 11.0 Å². The molecule has 2 aromatic rings. The number of fused-ring (bicyclic) bond motifs is 1. The highest BCUT2D eigenvalue weighted by Gasteiger charge is 2.25. The van der Waals surface area contributed by atoms with Gasteiger partial charge in [0, 0.05) is 12.0 Å². The number of aromatic amines is 1. The second kappa shape index (κ2) is 5.02.